The second-order valence-corrected chi connectivity index (χ2v) is 18.3. The van der Waals surface area contributed by atoms with Crippen molar-refractivity contribution in [2.24, 2.45) is 0 Å². The van der Waals surface area contributed by atoms with Crippen LogP contribution in [0.3, 0.4) is 0 Å². The van der Waals surface area contributed by atoms with Crippen molar-refractivity contribution in [1.29, 1.82) is 0 Å². The largest absolute Gasteiger partial charge is 0.496 e. The number of para-hydroxylation sites is 4. The van der Waals surface area contributed by atoms with Crippen LogP contribution in [-0.2, 0) is 9.47 Å². The molecule has 4 unspecified atom stereocenters. The minimum absolute atomic E-state index is 0.0730. The van der Waals surface area contributed by atoms with Gasteiger partial charge in [-0.05, 0) is 113 Å². The highest BCUT2D eigenvalue weighted by Gasteiger charge is 2.32. The third-order valence-corrected chi connectivity index (χ3v) is 12.5. The Balaban J connectivity index is 0.000000213. The molecule has 2 saturated heterocycles. The summed E-state index contributed by atoms with van der Waals surface area (Å²) in [4.78, 5) is 46.1. The number of methoxy groups -OCH3 is 4. The number of nitrogens with one attached hydrogen (secondary N) is 6. The molecule has 4 heterocycles. The molecule has 4 atom stereocenters. The highest BCUT2D eigenvalue weighted by Crippen LogP contribution is 2.26. The van der Waals surface area contributed by atoms with E-state index >= 15 is 0 Å². The van der Waals surface area contributed by atoms with Crippen LogP contribution in [0.15, 0.2) is 84.9 Å². The Kier molecular flexibility index (Phi) is 20.8. The predicted molar refractivity (Wildman–Crippen MR) is 278 cm³/mol. The molecule has 2 amide bonds. The Morgan fingerprint density at radius 3 is 1.44 bits per heavy atom. The van der Waals surface area contributed by atoms with Crippen molar-refractivity contribution in [3.05, 3.63) is 106 Å². The first-order chi connectivity index (χ1) is 33.9. The molecule has 0 bridgehead atoms. The first-order valence-electron chi connectivity index (χ1n) is 23.7. The number of aromatic nitrogens is 4. The number of piperidine rings is 2. The average Bonchev–Trinajstić information content (AvgIpc) is 3.98. The number of aliphatic hydroxyl groups is 1. The van der Waals surface area contributed by atoms with E-state index in [1.807, 2.05) is 48.5 Å². The molecule has 70 heavy (non-hydrogen) atoms. The number of aromatic amines is 2. The van der Waals surface area contributed by atoms with Crippen LogP contribution in [-0.4, -0.2) is 158 Å². The highest BCUT2D eigenvalue weighted by molar-refractivity contribution is 6.31. The normalized spacial score (nSPS) is 18.3. The summed E-state index contributed by atoms with van der Waals surface area (Å²) in [6, 6.07) is 25.9. The molecular weight excluding hydrogens is 936 g/mol. The third-order valence-electron chi connectivity index (χ3n) is 12.0. The molecule has 0 aliphatic carbocycles. The zero-order valence-electron chi connectivity index (χ0n) is 40.9. The van der Waals surface area contributed by atoms with E-state index in [-0.39, 0.29) is 42.2 Å². The van der Waals surface area contributed by atoms with Gasteiger partial charge in [-0.2, -0.15) is 0 Å². The van der Waals surface area contributed by atoms with Crippen LogP contribution >= 0.6 is 23.2 Å². The lowest BCUT2D eigenvalue weighted by Gasteiger charge is -2.38. The lowest BCUT2D eigenvalue weighted by molar-refractivity contribution is 0.00637. The molecular formula is C51H68Cl2N10O7. The second-order valence-electron chi connectivity index (χ2n) is 17.4. The first-order valence-corrected chi connectivity index (χ1v) is 24.5. The Labute approximate surface area is 420 Å². The number of benzene rings is 4. The fraction of sp³-hybridized carbons (Fsp3) is 0.451. The summed E-state index contributed by atoms with van der Waals surface area (Å²) in [5.74, 6) is 2.18. The van der Waals surface area contributed by atoms with Crippen LogP contribution < -0.4 is 30.7 Å². The summed E-state index contributed by atoms with van der Waals surface area (Å²) >= 11 is 12.2. The number of ether oxygens (including phenoxy) is 4. The van der Waals surface area contributed by atoms with Gasteiger partial charge in [0.25, 0.3) is 11.8 Å². The number of rotatable bonds is 18. The van der Waals surface area contributed by atoms with Gasteiger partial charge in [-0.15, -0.1) is 0 Å². The summed E-state index contributed by atoms with van der Waals surface area (Å²) in [6.45, 7) is 10.3. The number of hydrogen-bond donors (Lipinski definition) is 7. The van der Waals surface area contributed by atoms with Crippen LogP contribution in [0.1, 0.15) is 60.2 Å². The summed E-state index contributed by atoms with van der Waals surface area (Å²) in [7, 11) is 6.46. The van der Waals surface area contributed by atoms with Crippen molar-refractivity contribution in [2.75, 3.05) is 91.4 Å². The van der Waals surface area contributed by atoms with Crippen molar-refractivity contribution in [3.63, 3.8) is 0 Å². The molecule has 6 aromatic rings. The lowest BCUT2D eigenvalue weighted by atomic mass is 10.0. The van der Waals surface area contributed by atoms with E-state index in [2.05, 4.69) is 51.0 Å². The van der Waals surface area contributed by atoms with Gasteiger partial charge in [-0.25, -0.2) is 9.97 Å². The third kappa shape index (κ3) is 15.7. The molecule has 2 aliphatic rings. The molecule has 19 heteroatoms. The van der Waals surface area contributed by atoms with Gasteiger partial charge in [0.15, 0.2) is 0 Å². The van der Waals surface area contributed by atoms with Crippen molar-refractivity contribution in [3.8, 4) is 11.5 Å². The van der Waals surface area contributed by atoms with Crippen molar-refractivity contribution >= 4 is 69.0 Å². The fourth-order valence-electron chi connectivity index (χ4n) is 8.47. The number of H-pyrrole nitrogens is 2. The van der Waals surface area contributed by atoms with Gasteiger partial charge < -0.3 is 65.1 Å². The van der Waals surface area contributed by atoms with Gasteiger partial charge >= 0.3 is 0 Å². The molecule has 17 nitrogen and oxygen atoms in total. The minimum atomic E-state index is -0.204. The summed E-state index contributed by atoms with van der Waals surface area (Å²) in [5.41, 5.74) is 4.84. The molecule has 0 saturated carbocycles. The molecule has 0 spiro atoms. The quantitative estimate of drug-likeness (QED) is 0.0418. The average molecular weight is 1000 g/mol. The molecule has 378 valence electrons. The summed E-state index contributed by atoms with van der Waals surface area (Å²) in [6.07, 6.45) is 3.23. The van der Waals surface area contributed by atoms with Gasteiger partial charge in [0, 0.05) is 69.6 Å². The van der Waals surface area contributed by atoms with Gasteiger partial charge in [0.2, 0.25) is 11.9 Å². The molecule has 7 N–H and O–H groups in total. The first kappa shape index (κ1) is 53.7. The van der Waals surface area contributed by atoms with Gasteiger partial charge in [0.1, 0.15) is 11.5 Å². The number of hydrogen-bond acceptors (Lipinski definition) is 13. The molecule has 4 aromatic carbocycles. The maximum Gasteiger partial charge on any atom is 0.255 e. The van der Waals surface area contributed by atoms with E-state index in [0.717, 1.165) is 112 Å². The number of anilines is 2. The number of aliphatic hydroxyl groups excluding tert-OH is 1. The fourth-order valence-corrected chi connectivity index (χ4v) is 8.82. The van der Waals surface area contributed by atoms with Crippen LogP contribution in [0.2, 0.25) is 10.0 Å². The Morgan fingerprint density at radius 1 is 0.671 bits per heavy atom. The maximum absolute atomic E-state index is 12.9. The summed E-state index contributed by atoms with van der Waals surface area (Å²) < 4.78 is 22.1. The predicted octanol–water partition coefficient (Wildman–Crippen LogP) is 7.48. The molecule has 2 fully saturated rings. The number of halogens is 2. The van der Waals surface area contributed by atoms with Crippen molar-refractivity contribution < 1.29 is 33.6 Å². The Morgan fingerprint density at radius 2 is 1.07 bits per heavy atom. The molecule has 0 radical (unpaired) electrons. The van der Waals surface area contributed by atoms with Crippen LogP contribution in [0.25, 0.3) is 22.1 Å². The standard InChI is InChI=1S/2C24H30ClN5O3.C3H8O/c2*1-32-21-9-8-16(25)14-17(21)23(31)27-20-10-13-30(15-22(20)33-2)12-5-11-26-24-28-18-6-3-4-7-19(18)29-24;1-3(2)4/h2*3-4,6-9,14,20,22H,5,10-13,15H2,1-2H3,(H,27,31)(H2,26,28,29);3-4H,1-2H3. The minimum Gasteiger partial charge on any atom is -0.496 e. The molecule has 2 aromatic heterocycles. The zero-order valence-corrected chi connectivity index (χ0v) is 42.4. The van der Waals surface area contributed by atoms with Crippen LogP contribution in [0.5, 0.6) is 11.5 Å². The van der Waals surface area contributed by atoms with E-state index in [1.165, 1.54) is 0 Å². The van der Waals surface area contributed by atoms with E-state index < -0.39 is 0 Å². The monoisotopic (exact) mass is 1000 g/mol. The van der Waals surface area contributed by atoms with Crippen LogP contribution in [0.4, 0.5) is 11.9 Å². The molecule has 8 rings (SSSR count). The van der Waals surface area contributed by atoms with E-state index in [9.17, 15) is 9.59 Å². The highest BCUT2D eigenvalue weighted by atomic mass is 35.5. The van der Waals surface area contributed by atoms with Crippen molar-refractivity contribution in [1.82, 2.24) is 40.4 Å². The Hall–Kier alpha value is -5.66. The zero-order chi connectivity index (χ0) is 50.0. The van der Waals surface area contributed by atoms with Gasteiger partial charge in [0.05, 0.1) is 71.7 Å². The smallest absolute Gasteiger partial charge is 0.255 e. The Bertz CT molecular complexity index is 2340. The number of likely N-dealkylation sites (tertiary alicyclic amines) is 2. The van der Waals surface area contributed by atoms with E-state index in [4.69, 9.17) is 47.3 Å². The second kappa shape index (κ2) is 27.1. The number of amides is 2. The van der Waals surface area contributed by atoms with E-state index in [1.54, 1.807) is 78.7 Å². The van der Waals surface area contributed by atoms with Crippen LogP contribution in [0, 0.1) is 0 Å². The van der Waals surface area contributed by atoms with Gasteiger partial charge in [-0.1, -0.05) is 47.5 Å². The topological polar surface area (TPSA) is 203 Å². The molecule has 2 aliphatic heterocycles. The number of carbonyl (C=O) groups excluding carboxylic acids is 2. The number of imidazole rings is 2. The van der Waals surface area contributed by atoms with Gasteiger partial charge in [-0.3, -0.25) is 9.59 Å². The SMILES string of the molecule is CC(C)O.COc1ccc(Cl)cc1C(=O)NC1CCN(CCCNc2nc3ccccc3[nH]2)CC1OC.COc1ccc(Cl)cc1C(=O)NC1CCN(CCCNc2nc3ccccc3[nH]2)CC1OC. The number of fused-ring (bicyclic) bond motifs is 2. The lowest BCUT2D eigenvalue weighted by Crippen LogP contribution is -2.55. The summed E-state index contributed by atoms with van der Waals surface area (Å²) in [5, 5.41) is 22.0. The maximum atomic E-state index is 12.9. The number of carbonyl (C=O) groups is 2. The van der Waals surface area contributed by atoms with E-state index in [0.29, 0.717) is 32.7 Å². The van der Waals surface area contributed by atoms with Crippen molar-refractivity contribution in [2.45, 2.75) is 69.9 Å². The number of nitrogens with zero attached hydrogens (tertiary/aromatic N) is 4.